The number of ether oxygens (including phenoxy) is 1. The van der Waals surface area contributed by atoms with Gasteiger partial charge in [-0.15, -0.1) is 0 Å². The molecule has 0 unspecified atom stereocenters. The number of rotatable bonds is 6. The van der Waals surface area contributed by atoms with Gasteiger partial charge < -0.3 is 14.8 Å². The first kappa shape index (κ1) is 11.6. The summed E-state index contributed by atoms with van der Waals surface area (Å²) in [6.07, 6.45) is 3.91. The van der Waals surface area contributed by atoms with E-state index in [0.717, 1.165) is 18.1 Å². The predicted molar refractivity (Wildman–Crippen MR) is 63.3 cm³/mol. The second-order valence-electron chi connectivity index (χ2n) is 4.40. The van der Waals surface area contributed by atoms with Crippen LogP contribution >= 0.6 is 0 Å². The lowest BCUT2D eigenvalue weighted by atomic mass is 9.80. The Morgan fingerprint density at radius 2 is 1.88 bits per heavy atom. The van der Waals surface area contributed by atoms with E-state index in [1.165, 1.54) is 19.3 Å². The third kappa shape index (κ3) is 3.63. The Balaban J connectivity index is 1.71. The monoisotopic (exact) mass is 220 g/mol. The fourth-order valence-corrected chi connectivity index (χ4v) is 1.63. The van der Waals surface area contributed by atoms with Gasteiger partial charge in [0.05, 0.1) is 6.61 Å². The standard InChI is InChI=1S/C12H17BO3/c14-13(15)12-5-3-11(4-6-12)9-16-8-7-10-1-2-10/h3-6,10,14-15H,1-2,7-9H2. The highest BCUT2D eigenvalue weighted by Gasteiger charge is 2.20. The van der Waals surface area contributed by atoms with Crippen molar-refractivity contribution in [3.8, 4) is 0 Å². The predicted octanol–water partition coefficient (Wildman–Crippen LogP) is 0.683. The van der Waals surface area contributed by atoms with Crippen molar-refractivity contribution in [3.05, 3.63) is 29.8 Å². The van der Waals surface area contributed by atoms with Crippen LogP contribution in [0.15, 0.2) is 24.3 Å². The Labute approximate surface area is 96.2 Å². The molecule has 4 heteroatoms. The van der Waals surface area contributed by atoms with Crippen LogP contribution in [0.5, 0.6) is 0 Å². The minimum absolute atomic E-state index is 0.515. The first-order valence-electron chi connectivity index (χ1n) is 5.78. The van der Waals surface area contributed by atoms with E-state index in [2.05, 4.69) is 0 Å². The highest BCUT2D eigenvalue weighted by molar-refractivity contribution is 6.58. The number of benzene rings is 1. The van der Waals surface area contributed by atoms with Gasteiger partial charge in [-0.05, 0) is 23.4 Å². The third-order valence-electron chi connectivity index (χ3n) is 2.91. The zero-order valence-corrected chi connectivity index (χ0v) is 9.30. The molecular weight excluding hydrogens is 203 g/mol. The lowest BCUT2D eigenvalue weighted by Gasteiger charge is -2.05. The van der Waals surface area contributed by atoms with Crippen LogP contribution in [0.2, 0.25) is 0 Å². The van der Waals surface area contributed by atoms with Crippen LogP contribution in [-0.4, -0.2) is 23.8 Å². The summed E-state index contributed by atoms with van der Waals surface area (Å²) in [6, 6.07) is 7.16. The molecule has 1 aromatic rings. The Bertz CT molecular complexity index is 320. The van der Waals surface area contributed by atoms with E-state index in [0.29, 0.717) is 12.1 Å². The lowest BCUT2D eigenvalue weighted by molar-refractivity contribution is 0.115. The van der Waals surface area contributed by atoms with Gasteiger partial charge in [-0.3, -0.25) is 0 Å². The van der Waals surface area contributed by atoms with Gasteiger partial charge in [0, 0.05) is 6.61 Å². The van der Waals surface area contributed by atoms with Gasteiger partial charge in [0.1, 0.15) is 0 Å². The van der Waals surface area contributed by atoms with E-state index in [-0.39, 0.29) is 0 Å². The zero-order valence-electron chi connectivity index (χ0n) is 9.30. The van der Waals surface area contributed by atoms with Crippen LogP contribution in [0.25, 0.3) is 0 Å². The first-order chi connectivity index (χ1) is 7.75. The molecule has 0 bridgehead atoms. The third-order valence-corrected chi connectivity index (χ3v) is 2.91. The number of hydrogen-bond donors (Lipinski definition) is 2. The molecule has 2 N–H and O–H groups in total. The minimum atomic E-state index is -1.38. The van der Waals surface area contributed by atoms with Gasteiger partial charge in [-0.2, -0.15) is 0 Å². The molecule has 86 valence electrons. The van der Waals surface area contributed by atoms with Gasteiger partial charge >= 0.3 is 7.12 Å². The second kappa shape index (κ2) is 5.48. The van der Waals surface area contributed by atoms with E-state index in [4.69, 9.17) is 14.8 Å². The maximum atomic E-state index is 8.92. The van der Waals surface area contributed by atoms with Crippen molar-refractivity contribution in [1.82, 2.24) is 0 Å². The van der Waals surface area contributed by atoms with Gasteiger partial charge in [0.15, 0.2) is 0 Å². The summed E-state index contributed by atoms with van der Waals surface area (Å²) in [5, 5.41) is 17.8. The van der Waals surface area contributed by atoms with Gasteiger partial charge in [-0.25, -0.2) is 0 Å². The molecule has 0 atom stereocenters. The van der Waals surface area contributed by atoms with Crippen molar-refractivity contribution in [2.24, 2.45) is 5.92 Å². The van der Waals surface area contributed by atoms with Crippen LogP contribution < -0.4 is 5.46 Å². The van der Waals surface area contributed by atoms with Crippen LogP contribution in [-0.2, 0) is 11.3 Å². The van der Waals surface area contributed by atoms with Crippen LogP contribution in [0.1, 0.15) is 24.8 Å². The van der Waals surface area contributed by atoms with Crippen molar-refractivity contribution in [2.45, 2.75) is 25.9 Å². The summed E-state index contributed by atoms with van der Waals surface area (Å²) in [7, 11) is -1.38. The molecule has 2 rings (SSSR count). The van der Waals surface area contributed by atoms with E-state index in [1.807, 2.05) is 12.1 Å². The van der Waals surface area contributed by atoms with Gasteiger partial charge in [0.25, 0.3) is 0 Å². The van der Waals surface area contributed by atoms with Crippen LogP contribution in [0.3, 0.4) is 0 Å². The fourth-order valence-electron chi connectivity index (χ4n) is 1.63. The average Bonchev–Trinajstić information content (AvgIpc) is 3.09. The molecular formula is C12H17BO3. The molecule has 1 fully saturated rings. The average molecular weight is 220 g/mol. The Morgan fingerprint density at radius 3 is 2.44 bits per heavy atom. The minimum Gasteiger partial charge on any atom is -0.423 e. The Hall–Kier alpha value is -0.835. The van der Waals surface area contributed by atoms with Gasteiger partial charge in [0.2, 0.25) is 0 Å². The van der Waals surface area contributed by atoms with E-state index in [1.54, 1.807) is 12.1 Å². The van der Waals surface area contributed by atoms with Gasteiger partial charge in [-0.1, -0.05) is 37.1 Å². The highest BCUT2D eigenvalue weighted by Crippen LogP contribution is 2.32. The first-order valence-corrected chi connectivity index (χ1v) is 5.78. The molecule has 1 aliphatic carbocycles. The Morgan fingerprint density at radius 1 is 1.19 bits per heavy atom. The van der Waals surface area contributed by atoms with E-state index >= 15 is 0 Å². The molecule has 16 heavy (non-hydrogen) atoms. The Kier molecular flexibility index (Phi) is 3.99. The lowest BCUT2D eigenvalue weighted by Crippen LogP contribution is -2.29. The highest BCUT2D eigenvalue weighted by atomic mass is 16.5. The summed E-state index contributed by atoms with van der Waals surface area (Å²) in [6.45, 7) is 1.43. The molecule has 0 aromatic heterocycles. The molecule has 1 aromatic carbocycles. The van der Waals surface area contributed by atoms with Crippen LogP contribution in [0.4, 0.5) is 0 Å². The molecule has 0 radical (unpaired) electrons. The van der Waals surface area contributed by atoms with Crippen molar-refractivity contribution >= 4 is 12.6 Å². The molecule has 1 aliphatic rings. The summed E-state index contributed by atoms with van der Waals surface area (Å²) >= 11 is 0. The second-order valence-corrected chi connectivity index (χ2v) is 4.40. The van der Waals surface area contributed by atoms with E-state index in [9.17, 15) is 0 Å². The maximum absolute atomic E-state index is 8.92. The van der Waals surface area contributed by atoms with Crippen molar-refractivity contribution < 1.29 is 14.8 Å². The zero-order chi connectivity index (χ0) is 11.4. The molecule has 3 nitrogen and oxygen atoms in total. The van der Waals surface area contributed by atoms with E-state index < -0.39 is 7.12 Å². The molecule has 0 saturated heterocycles. The summed E-state index contributed by atoms with van der Waals surface area (Å²) in [4.78, 5) is 0. The largest absolute Gasteiger partial charge is 0.488 e. The summed E-state index contributed by atoms with van der Waals surface area (Å²) in [5.41, 5.74) is 1.59. The van der Waals surface area contributed by atoms with Crippen molar-refractivity contribution in [2.75, 3.05) is 6.61 Å². The SMILES string of the molecule is OB(O)c1ccc(COCCC2CC2)cc1. The normalized spacial score (nSPS) is 15.1. The topological polar surface area (TPSA) is 49.7 Å². The smallest absolute Gasteiger partial charge is 0.423 e. The molecule has 0 heterocycles. The van der Waals surface area contributed by atoms with Crippen LogP contribution in [0, 0.1) is 5.92 Å². The maximum Gasteiger partial charge on any atom is 0.488 e. The quantitative estimate of drug-likeness (QED) is 0.547. The molecule has 0 amide bonds. The fraction of sp³-hybridized carbons (Fsp3) is 0.500. The van der Waals surface area contributed by atoms with Crippen molar-refractivity contribution in [1.29, 1.82) is 0 Å². The summed E-state index contributed by atoms with van der Waals surface area (Å²) in [5.74, 6) is 0.909. The number of hydrogen-bond acceptors (Lipinski definition) is 3. The van der Waals surface area contributed by atoms with Crippen molar-refractivity contribution in [3.63, 3.8) is 0 Å². The molecule has 0 aliphatic heterocycles. The summed E-state index contributed by atoms with van der Waals surface area (Å²) < 4.78 is 5.55. The molecule has 0 spiro atoms. The molecule has 1 saturated carbocycles.